The van der Waals surface area contributed by atoms with Crippen LogP contribution in [0.25, 0.3) is 0 Å². The van der Waals surface area contributed by atoms with Gasteiger partial charge in [0.05, 0.1) is 26.2 Å². The smallest absolute Gasteiger partial charge is 0.227 e. The fourth-order valence-electron chi connectivity index (χ4n) is 2.41. The molecule has 1 aromatic rings. The van der Waals surface area contributed by atoms with Crippen LogP contribution in [0.3, 0.4) is 0 Å². The van der Waals surface area contributed by atoms with Gasteiger partial charge >= 0.3 is 0 Å². The van der Waals surface area contributed by atoms with E-state index in [-0.39, 0.29) is 17.9 Å². The van der Waals surface area contributed by atoms with Gasteiger partial charge in [-0.1, -0.05) is 19.1 Å². The van der Waals surface area contributed by atoms with Crippen molar-refractivity contribution >= 4 is 5.91 Å². The van der Waals surface area contributed by atoms with Gasteiger partial charge in [0.15, 0.2) is 0 Å². The summed E-state index contributed by atoms with van der Waals surface area (Å²) in [4.78, 5) is 12.3. The quantitative estimate of drug-likeness (QED) is 0.796. The summed E-state index contributed by atoms with van der Waals surface area (Å²) in [6.45, 7) is 4.66. The minimum Gasteiger partial charge on any atom is -0.497 e. The average Bonchev–Trinajstić information content (AvgIpc) is 2.99. The Kier molecular flexibility index (Phi) is 6.02. The molecule has 1 aromatic carbocycles. The molecular formula is C16H24N2O3. The molecule has 116 valence electrons. The van der Waals surface area contributed by atoms with Gasteiger partial charge < -0.3 is 20.1 Å². The predicted molar refractivity (Wildman–Crippen MR) is 81.2 cm³/mol. The van der Waals surface area contributed by atoms with Gasteiger partial charge in [0.1, 0.15) is 5.75 Å². The second-order valence-electron chi connectivity index (χ2n) is 5.27. The predicted octanol–water partition coefficient (Wildman–Crippen LogP) is 1.33. The number of hydrogen-bond donors (Lipinski definition) is 2. The molecule has 1 heterocycles. The SMILES string of the molecule is CCCNC1COCC1C(=O)NCc1ccc(OC)cc1. The molecular weight excluding hydrogens is 268 g/mol. The number of carbonyl (C=O) groups excluding carboxylic acids is 1. The Morgan fingerprint density at radius 2 is 2.10 bits per heavy atom. The second-order valence-corrected chi connectivity index (χ2v) is 5.27. The van der Waals surface area contributed by atoms with Crippen LogP contribution in [0.15, 0.2) is 24.3 Å². The van der Waals surface area contributed by atoms with E-state index in [0.717, 1.165) is 24.3 Å². The van der Waals surface area contributed by atoms with Gasteiger partial charge in [0.25, 0.3) is 0 Å². The first kappa shape index (κ1) is 15.8. The highest BCUT2D eigenvalue weighted by molar-refractivity contribution is 5.79. The molecule has 1 amide bonds. The number of carbonyl (C=O) groups is 1. The monoisotopic (exact) mass is 292 g/mol. The first-order valence-corrected chi connectivity index (χ1v) is 7.46. The largest absolute Gasteiger partial charge is 0.497 e. The van der Waals surface area contributed by atoms with Gasteiger partial charge in [0, 0.05) is 12.6 Å². The number of nitrogens with one attached hydrogen (secondary N) is 2. The number of ether oxygens (including phenoxy) is 2. The highest BCUT2D eigenvalue weighted by Gasteiger charge is 2.33. The molecule has 0 aromatic heterocycles. The van der Waals surface area contributed by atoms with E-state index in [4.69, 9.17) is 9.47 Å². The van der Waals surface area contributed by atoms with Gasteiger partial charge in [-0.3, -0.25) is 4.79 Å². The van der Waals surface area contributed by atoms with Gasteiger partial charge in [-0.15, -0.1) is 0 Å². The summed E-state index contributed by atoms with van der Waals surface area (Å²) >= 11 is 0. The van der Waals surface area contributed by atoms with Gasteiger partial charge in [-0.2, -0.15) is 0 Å². The summed E-state index contributed by atoms with van der Waals surface area (Å²) in [7, 11) is 1.64. The van der Waals surface area contributed by atoms with E-state index in [0.29, 0.717) is 19.8 Å². The van der Waals surface area contributed by atoms with E-state index >= 15 is 0 Å². The number of hydrogen-bond acceptors (Lipinski definition) is 4. The average molecular weight is 292 g/mol. The fourth-order valence-corrected chi connectivity index (χ4v) is 2.41. The molecule has 5 heteroatoms. The van der Waals surface area contributed by atoms with Crippen LogP contribution in [0.5, 0.6) is 5.75 Å². The van der Waals surface area contributed by atoms with Crippen molar-refractivity contribution in [3.8, 4) is 5.75 Å². The minimum absolute atomic E-state index is 0.0527. The Balaban J connectivity index is 1.82. The van der Waals surface area contributed by atoms with Gasteiger partial charge in [-0.05, 0) is 30.7 Å². The standard InChI is InChI=1S/C16H24N2O3/c1-3-8-17-15-11-21-10-14(15)16(19)18-9-12-4-6-13(20-2)7-5-12/h4-7,14-15,17H,3,8-11H2,1-2H3,(H,18,19). The molecule has 0 saturated carbocycles. The number of rotatable bonds is 7. The maximum atomic E-state index is 12.3. The zero-order chi connectivity index (χ0) is 15.1. The topological polar surface area (TPSA) is 59.6 Å². The van der Waals surface area contributed by atoms with Crippen molar-refractivity contribution in [2.24, 2.45) is 5.92 Å². The molecule has 1 aliphatic rings. The lowest BCUT2D eigenvalue weighted by atomic mass is 10.0. The molecule has 2 rings (SSSR count). The van der Waals surface area contributed by atoms with Crippen molar-refractivity contribution in [2.75, 3.05) is 26.9 Å². The maximum Gasteiger partial charge on any atom is 0.227 e. The Morgan fingerprint density at radius 1 is 1.33 bits per heavy atom. The lowest BCUT2D eigenvalue weighted by Gasteiger charge is -2.18. The maximum absolute atomic E-state index is 12.3. The third kappa shape index (κ3) is 4.44. The summed E-state index contributed by atoms with van der Waals surface area (Å²) in [6, 6.07) is 7.83. The van der Waals surface area contributed by atoms with E-state index in [1.54, 1.807) is 7.11 Å². The zero-order valence-electron chi connectivity index (χ0n) is 12.7. The summed E-state index contributed by atoms with van der Waals surface area (Å²) in [6.07, 6.45) is 1.05. The molecule has 0 bridgehead atoms. The highest BCUT2D eigenvalue weighted by Crippen LogP contribution is 2.15. The molecule has 1 aliphatic heterocycles. The molecule has 0 radical (unpaired) electrons. The van der Waals surface area contributed by atoms with Crippen molar-refractivity contribution in [3.05, 3.63) is 29.8 Å². The second kappa shape index (κ2) is 8.00. The van der Waals surface area contributed by atoms with Gasteiger partial charge in [0.2, 0.25) is 5.91 Å². The molecule has 5 nitrogen and oxygen atoms in total. The highest BCUT2D eigenvalue weighted by atomic mass is 16.5. The summed E-state index contributed by atoms with van der Waals surface area (Å²) in [5.74, 6) is 0.768. The van der Waals surface area contributed by atoms with Crippen molar-refractivity contribution in [3.63, 3.8) is 0 Å². The fraction of sp³-hybridized carbons (Fsp3) is 0.562. The lowest BCUT2D eigenvalue weighted by Crippen LogP contribution is -2.44. The van der Waals surface area contributed by atoms with Crippen LogP contribution in [0.2, 0.25) is 0 Å². The molecule has 1 fully saturated rings. The van der Waals surface area contributed by atoms with Crippen LogP contribution in [0.4, 0.5) is 0 Å². The molecule has 2 unspecified atom stereocenters. The third-order valence-electron chi connectivity index (χ3n) is 3.70. The minimum atomic E-state index is -0.102. The van der Waals surface area contributed by atoms with E-state index in [2.05, 4.69) is 17.6 Å². The normalized spacial score (nSPS) is 21.2. The molecule has 0 spiro atoms. The molecule has 2 N–H and O–H groups in total. The first-order valence-electron chi connectivity index (χ1n) is 7.46. The van der Waals surface area contributed by atoms with Crippen molar-refractivity contribution in [2.45, 2.75) is 25.9 Å². The van der Waals surface area contributed by atoms with Crippen molar-refractivity contribution < 1.29 is 14.3 Å². The van der Waals surface area contributed by atoms with E-state index in [1.807, 2.05) is 24.3 Å². The van der Waals surface area contributed by atoms with Gasteiger partial charge in [-0.25, -0.2) is 0 Å². The Morgan fingerprint density at radius 3 is 2.76 bits per heavy atom. The lowest BCUT2D eigenvalue weighted by molar-refractivity contribution is -0.125. The van der Waals surface area contributed by atoms with E-state index in [9.17, 15) is 4.79 Å². The van der Waals surface area contributed by atoms with E-state index in [1.165, 1.54) is 0 Å². The molecule has 21 heavy (non-hydrogen) atoms. The number of benzene rings is 1. The summed E-state index contributed by atoms with van der Waals surface area (Å²) in [5, 5.41) is 6.36. The van der Waals surface area contributed by atoms with Crippen LogP contribution in [0, 0.1) is 5.92 Å². The molecule has 1 saturated heterocycles. The van der Waals surface area contributed by atoms with Crippen LogP contribution in [-0.4, -0.2) is 38.8 Å². The molecule has 0 aliphatic carbocycles. The Bertz CT molecular complexity index is 447. The van der Waals surface area contributed by atoms with E-state index < -0.39 is 0 Å². The van der Waals surface area contributed by atoms with Crippen LogP contribution >= 0.6 is 0 Å². The number of amides is 1. The van der Waals surface area contributed by atoms with Crippen LogP contribution < -0.4 is 15.4 Å². The van der Waals surface area contributed by atoms with Crippen LogP contribution in [0.1, 0.15) is 18.9 Å². The zero-order valence-corrected chi connectivity index (χ0v) is 12.7. The Labute approximate surface area is 126 Å². The van der Waals surface area contributed by atoms with Crippen molar-refractivity contribution in [1.29, 1.82) is 0 Å². The first-order chi connectivity index (χ1) is 10.2. The summed E-state index contributed by atoms with van der Waals surface area (Å²) < 4.78 is 10.5. The molecule has 2 atom stereocenters. The Hall–Kier alpha value is -1.59. The van der Waals surface area contributed by atoms with Crippen molar-refractivity contribution in [1.82, 2.24) is 10.6 Å². The summed E-state index contributed by atoms with van der Waals surface area (Å²) in [5.41, 5.74) is 1.06. The number of methoxy groups -OCH3 is 1. The third-order valence-corrected chi connectivity index (χ3v) is 3.70. The van der Waals surface area contributed by atoms with Crippen LogP contribution in [-0.2, 0) is 16.1 Å².